The lowest BCUT2D eigenvalue weighted by molar-refractivity contribution is 0.107. The van der Waals surface area contributed by atoms with E-state index in [1.165, 1.54) is 0 Å². The maximum absolute atomic E-state index is 16.2. The van der Waals surface area contributed by atoms with Crippen LogP contribution >= 0.6 is 0 Å². The van der Waals surface area contributed by atoms with Crippen LogP contribution in [0.3, 0.4) is 0 Å². The number of phenols is 1. The lowest BCUT2D eigenvalue weighted by Crippen LogP contribution is -2.51. The van der Waals surface area contributed by atoms with Gasteiger partial charge in [-0.25, -0.2) is 8.78 Å². The largest absolute Gasteiger partial charge is 0.508 e. The number of halogens is 2. The van der Waals surface area contributed by atoms with E-state index < -0.39 is 6.17 Å². The van der Waals surface area contributed by atoms with Crippen molar-refractivity contribution in [3.05, 3.63) is 53.8 Å². The van der Waals surface area contributed by atoms with Gasteiger partial charge in [-0.1, -0.05) is 25.1 Å². The van der Waals surface area contributed by atoms with E-state index in [1.807, 2.05) is 18.2 Å². The van der Waals surface area contributed by atoms with Gasteiger partial charge in [0.25, 0.3) is 0 Å². The van der Waals surface area contributed by atoms with Gasteiger partial charge in [-0.05, 0) is 84.8 Å². The number of nitrogens with one attached hydrogen (secondary N) is 1. The molecule has 0 spiro atoms. The Morgan fingerprint density at radius 2 is 1.91 bits per heavy atom. The van der Waals surface area contributed by atoms with E-state index in [0.29, 0.717) is 59.5 Å². The van der Waals surface area contributed by atoms with E-state index in [0.717, 1.165) is 68.1 Å². The van der Waals surface area contributed by atoms with Crippen LogP contribution in [0.5, 0.6) is 11.8 Å². The molecule has 4 aliphatic heterocycles. The SMILES string of the molecule is CCc1cccc2cc(O)cc(-c3cc4nc(OC[C@@]56CCCN5C[C@H](F)C6)nc(N5C[C@H]6CC[C@@H](C5)N6)c4cc3F)c12. The maximum Gasteiger partial charge on any atom is 0.319 e. The number of hydrogen-bond acceptors (Lipinski definition) is 7. The summed E-state index contributed by atoms with van der Waals surface area (Å²) >= 11 is 0. The molecule has 4 fully saturated rings. The van der Waals surface area contributed by atoms with Crippen LogP contribution in [0.2, 0.25) is 0 Å². The number of phenolic OH excluding ortho intramolecular Hbond substituents is 1. The average molecular weight is 586 g/mol. The topological polar surface area (TPSA) is 73.8 Å². The highest BCUT2D eigenvalue weighted by Gasteiger charge is 2.49. The Hall–Kier alpha value is -3.56. The van der Waals surface area contributed by atoms with Crippen LogP contribution in [0.4, 0.5) is 14.6 Å². The predicted octanol–water partition coefficient (Wildman–Crippen LogP) is 5.75. The summed E-state index contributed by atoms with van der Waals surface area (Å²) in [7, 11) is 0. The summed E-state index contributed by atoms with van der Waals surface area (Å²) < 4.78 is 37.0. The molecule has 4 saturated heterocycles. The van der Waals surface area contributed by atoms with Crippen LogP contribution in [0.15, 0.2) is 42.5 Å². The van der Waals surface area contributed by atoms with E-state index in [2.05, 4.69) is 22.0 Å². The molecular weight excluding hydrogens is 548 g/mol. The van der Waals surface area contributed by atoms with Crippen molar-refractivity contribution in [1.29, 1.82) is 0 Å². The Balaban J connectivity index is 1.26. The van der Waals surface area contributed by atoms with Crippen molar-refractivity contribution < 1.29 is 18.6 Å². The number of aromatic hydroxyl groups is 1. The van der Waals surface area contributed by atoms with Crippen molar-refractivity contribution in [1.82, 2.24) is 20.2 Å². The number of anilines is 1. The molecule has 2 N–H and O–H groups in total. The van der Waals surface area contributed by atoms with Gasteiger partial charge in [0, 0.05) is 49.1 Å². The van der Waals surface area contributed by atoms with E-state index in [4.69, 9.17) is 14.7 Å². The third-order valence-electron chi connectivity index (χ3n) is 10.2. The van der Waals surface area contributed by atoms with Crippen molar-refractivity contribution in [2.75, 3.05) is 37.7 Å². The smallest absolute Gasteiger partial charge is 0.319 e. The monoisotopic (exact) mass is 585 g/mol. The van der Waals surface area contributed by atoms with Gasteiger partial charge in [-0.3, -0.25) is 4.90 Å². The summed E-state index contributed by atoms with van der Waals surface area (Å²) in [6.45, 7) is 5.31. The molecule has 0 amide bonds. The number of fused-ring (bicyclic) bond motifs is 5. The van der Waals surface area contributed by atoms with Gasteiger partial charge in [0.05, 0.1) is 11.1 Å². The maximum atomic E-state index is 16.2. The van der Waals surface area contributed by atoms with E-state index >= 15 is 4.39 Å². The molecule has 0 saturated carbocycles. The molecule has 2 bridgehead atoms. The van der Waals surface area contributed by atoms with Gasteiger partial charge in [0.15, 0.2) is 0 Å². The van der Waals surface area contributed by atoms with Crippen LogP contribution in [0.25, 0.3) is 32.8 Å². The molecule has 1 aromatic heterocycles. The quantitative estimate of drug-likeness (QED) is 0.298. The fourth-order valence-corrected chi connectivity index (χ4v) is 8.24. The number of piperazine rings is 1. The first-order valence-electron chi connectivity index (χ1n) is 15.7. The second-order valence-corrected chi connectivity index (χ2v) is 12.9. The molecule has 3 aromatic carbocycles. The highest BCUT2D eigenvalue weighted by Crippen LogP contribution is 2.42. The van der Waals surface area contributed by atoms with Gasteiger partial charge in [0.2, 0.25) is 0 Å². The zero-order valence-corrected chi connectivity index (χ0v) is 24.5. The van der Waals surface area contributed by atoms with Crippen molar-refractivity contribution in [3.63, 3.8) is 0 Å². The number of rotatable bonds is 6. The second kappa shape index (κ2) is 10.3. The molecule has 0 aliphatic carbocycles. The van der Waals surface area contributed by atoms with Crippen LogP contribution in [-0.4, -0.2) is 76.6 Å². The highest BCUT2D eigenvalue weighted by molar-refractivity contribution is 6.02. The Morgan fingerprint density at radius 3 is 2.72 bits per heavy atom. The van der Waals surface area contributed by atoms with Crippen LogP contribution in [0.1, 0.15) is 44.6 Å². The molecule has 5 heterocycles. The zero-order chi connectivity index (χ0) is 29.3. The number of nitrogens with zero attached hydrogens (tertiary/aromatic N) is 4. The first kappa shape index (κ1) is 27.0. The summed E-state index contributed by atoms with van der Waals surface area (Å²) in [4.78, 5) is 14.2. The van der Waals surface area contributed by atoms with Crippen LogP contribution in [0, 0.1) is 5.82 Å². The number of hydrogen-bond donors (Lipinski definition) is 2. The lowest BCUT2D eigenvalue weighted by atomic mass is 9.92. The van der Waals surface area contributed by atoms with Gasteiger partial charge in [-0.15, -0.1) is 0 Å². The number of alkyl halides is 1. The number of aryl methyl sites for hydroxylation is 1. The number of ether oxygens (including phenoxy) is 1. The minimum atomic E-state index is -0.844. The van der Waals surface area contributed by atoms with E-state index in [1.54, 1.807) is 24.3 Å². The Morgan fingerprint density at radius 1 is 1.07 bits per heavy atom. The van der Waals surface area contributed by atoms with Crippen LogP contribution < -0.4 is 15.0 Å². The molecule has 0 unspecified atom stereocenters. The molecule has 7 nitrogen and oxygen atoms in total. The highest BCUT2D eigenvalue weighted by atomic mass is 19.1. The molecular formula is C34H37F2N5O2. The van der Waals surface area contributed by atoms with E-state index in [-0.39, 0.29) is 23.1 Å². The van der Waals surface area contributed by atoms with E-state index in [9.17, 15) is 9.50 Å². The van der Waals surface area contributed by atoms with Crippen molar-refractivity contribution in [3.8, 4) is 22.9 Å². The molecule has 4 aromatic rings. The van der Waals surface area contributed by atoms with Crippen LogP contribution in [-0.2, 0) is 6.42 Å². The minimum Gasteiger partial charge on any atom is -0.508 e. The summed E-state index contributed by atoms with van der Waals surface area (Å²) in [6.07, 6.45) is 4.55. The van der Waals surface area contributed by atoms with Gasteiger partial charge < -0.3 is 20.1 Å². The zero-order valence-electron chi connectivity index (χ0n) is 24.5. The number of aromatic nitrogens is 2. The first-order valence-corrected chi connectivity index (χ1v) is 15.7. The van der Waals surface area contributed by atoms with Crippen molar-refractivity contribution >= 4 is 27.5 Å². The summed E-state index contributed by atoms with van der Waals surface area (Å²) in [5.74, 6) is 0.374. The normalized spacial score (nSPS) is 27.0. The van der Waals surface area contributed by atoms with Crippen molar-refractivity contribution in [2.45, 2.75) is 69.2 Å². The fraction of sp³-hybridized carbons (Fsp3) is 0.471. The lowest BCUT2D eigenvalue weighted by Gasteiger charge is -2.34. The third kappa shape index (κ3) is 4.59. The summed E-state index contributed by atoms with van der Waals surface area (Å²) in [6, 6.07) is 13.6. The molecule has 4 aliphatic rings. The molecule has 43 heavy (non-hydrogen) atoms. The van der Waals surface area contributed by atoms with Gasteiger partial charge in [0.1, 0.15) is 30.2 Å². The molecule has 0 radical (unpaired) electrons. The van der Waals surface area contributed by atoms with Gasteiger partial charge >= 0.3 is 6.01 Å². The predicted molar refractivity (Wildman–Crippen MR) is 164 cm³/mol. The second-order valence-electron chi connectivity index (χ2n) is 12.9. The van der Waals surface area contributed by atoms with Gasteiger partial charge in [-0.2, -0.15) is 9.97 Å². The number of benzene rings is 3. The molecule has 9 heteroatoms. The average Bonchev–Trinajstić information content (AvgIpc) is 3.64. The minimum absolute atomic E-state index is 0.0852. The Labute approximate surface area is 249 Å². The summed E-state index contributed by atoms with van der Waals surface area (Å²) in [5.41, 5.74) is 2.36. The molecule has 224 valence electrons. The third-order valence-corrected chi connectivity index (χ3v) is 10.2. The first-order chi connectivity index (χ1) is 20.9. The Bertz CT molecular complexity index is 1720. The molecule has 4 atom stereocenters. The summed E-state index contributed by atoms with van der Waals surface area (Å²) in [5, 5.41) is 16.7. The van der Waals surface area contributed by atoms with Crippen molar-refractivity contribution in [2.24, 2.45) is 0 Å². The fourth-order valence-electron chi connectivity index (χ4n) is 8.24. The Kier molecular flexibility index (Phi) is 6.45. The standard InChI is InChI=1S/C34H37F2N5O2/c1-2-20-5-3-6-21-11-25(42)12-27(31(20)21)26-14-30-28(13-29(26)36)32(40-17-23-7-8-24(18-40)37-23)39-33(38-30)43-19-34-9-4-10-41(34)16-22(35)15-34/h3,5-6,11-14,22-24,37,42H,2,4,7-10,15-19H2,1H3/t22-,23-,24+,34+/m1/s1. The molecule has 8 rings (SSSR count).